The monoisotopic (exact) mass is 296 g/mol. The van der Waals surface area contributed by atoms with Gasteiger partial charge >= 0.3 is 0 Å². The highest BCUT2D eigenvalue weighted by atomic mass is 32.1. The molecule has 0 bridgehead atoms. The zero-order valence-electron chi connectivity index (χ0n) is 13.4. The van der Waals surface area contributed by atoms with Crippen LogP contribution < -0.4 is 0 Å². The van der Waals surface area contributed by atoms with Crippen LogP contribution in [0.15, 0.2) is 42.5 Å². The number of thiophene rings is 1. The van der Waals surface area contributed by atoms with E-state index in [1.807, 2.05) is 11.3 Å². The normalized spacial score (nSPS) is 13.6. The molecule has 1 heterocycles. The van der Waals surface area contributed by atoms with Crippen molar-refractivity contribution in [3.63, 3.8) is 0 Å². The molecule has 0 N–H and O–H groups in total. The summed E-state index contributed by atoms with van der Waals surface area (Å²) in [5, 5.41) is 2.81. The third-order valence-corrected chi connectivity index (χ3v) is 5.49. The Labute approximate surface area is 131 Å². The Bertz CT molecular complexity index is 749. The fourth-order valence-corrected chi connectivity index (χ4v) is 4.43. The minimum Gasteiger partial charge on any atom is -0.135 e. The van der Waals surface area contributed by atoms with Gasteiger partial charge < -0.3 is 0 Å². The molecule has 0 spiro atoms. The Morgan fingerprint density at radius 1 is 0.857 bits per heavy atom. The summed E-state index contributed by atoms with van der Waals surface area (Å²) < 4.78 is 2.83. The predicted octanol–water partition coefficient (Wildman–Crippen LogP) is 6.84. The average Bonchev–Trinajstić information content (AvgIpc) is 2.81. The van der Waals surface area contributed by atoms with Gasteiger partial charge in [-0.3, -0.25) is 0 Å². The highest BCUT2D eigenvalue weighted by Gasteiger charge is 2.18. The first-order valence-electron chi connectivity index (χ1n) is 7.97. The highest BCUT2D eigenvalue weighted by Crippen LogP contribution is 2.38. The largest absolute Gasteiger partial charge is 0.135 e. The molecule has 1 heteroatoms. The lowest BCUT2D eigenvalue weighted by Gasteiger charge is -2.23. The SMILES string of the molecule is CC(C)CC(c1ccc2c(c1)sc1ccccc12)C(C)C. The van der Waals surface area contributed by atoms with Crippen LogP contribution in [-0.2, 0) is 0 Å². The minimum absolute atomic E-state index is 0.666. The van der Waals surface area contributed by atoms with Crippen LogP contribution in [0.1, 0.15) is 45.6 Å². The lowest BCUT2D eigenvalue weighted by molar-refractivity contribution is 0.408. The van der Waals surface area contributed by atoms with E-state index in [1.54, 1.807) is 0 Å². The summed E-state index contributed by atoms with van der Waals surface area (Å²) in [6.07, 6.45) is 1.27. The van der Waals surface area contributed by atoms with E-state index in [4.69, 9.17) is 0 Å². The summed E-state index contributed by atoms with van der Waals surface area (Å²) in [4.78, 5) is 0. The summed E-state index contributed by atoms with van der Waals surface area (Å²) in [6.45, 7) is 9.35. The van der Waals surface area contributed by atoms with E-state index >= 15 is 0 Å². The summed E-state index contributed by atoms with van der Waals surface area (Å²) in [5.41, 5.74) is 1.51. The first-order valence-corrected chi connectivity index (χ1v) is 8.79. The summed E-state index contributed by atoms with van der Waals surface area (Å²) in [5.74, 6) is 2.11. The zero-order chi connectivity index (χ0) is 15.0. The molecule has 0 amide bonds. The molecular weight excluding hydrogens is 272 g/mol. The smallest absolute Gasteiger partial charge is 0.0358 e. The van der Waals surface area contributed by atoms with Crippen molar-refractivity contribution in [3.8, 4) is 0 Å². The van der Waals surface area contributed by atoms with Gasteiger partial charge in [-0.15, -0.1) is 11.3 Å². The first-order chi connectivity index (χ1) is 10.1. The third kappa shape index (κ3) is 2.85. The number of fused-ring (bicyclic) bond motifs is 3. The molecule has 0 saturated carbocycles. The van der Waals surface area contributed by atoms with Gasteiger partial charge in [0, 0.05) is 20.2 Å². The fraction of sp³-hybridized carbons (Fsp3) is 0.400. The van der Waals surface area contributed by atoms with E-state index in [9.17, 15) is 0 Å². The first kappa shape index (κ1) is 14.6. The summed E-state index contributed by atoms with van der Waals surface area (Å²) in [7, 11) is 0. The van der Waals surface area contributed by atoms with Crippen molar-refractivity contribution in [1.82, 2.24) is 0 Å². The number of rotatable bonds is 4. The van der Waals surface area contributed by atoms with Crippen LogP contribution in [0.5, 0.6) is 0 Å². The lowest BCUT2D eigenvalue weighted by atomic mass is 9.82. The van der Waals surface area contributed by atoms with Crippen LogP contribution in [0.3, 0.4) is 0 Å². The number of hydrogen-bond donors (Lipinski definition) is 0. The standard InChI is InChI=1S/C20H24S/c1-13(2)11-18(14(3)4)15-9-10-17-16-7-5-6-8-19(16)21-20(17)12-15/h5-10,12-14,18H,11H2,1-4H3. The topological polar surface area (TPSA) is 0 Å². The summed E-state index contributed by atoms with van der Waals surface area (Å²) in [6, 6.07) is 15.9. The van der Waals surface area contributed by atoms with E-state index in [0.717, 1.165) is 5.92 Å². The molecule has 0 aliphatic carbocycles. The maximum atomic E-state index is 2.44. The quantitative estimate of drug-likeness (QED) is 0.494. The van der Waals surface area contributed by atoms with Crippen molar-refractivity contribution < 1.29 is 0 Å². The molecule has 3 rings (SSSR count). The highest BCUT2D eigenvalue weighted by molar-refractivity contribution is 7.25. The second kappa shape index (κ2) is 5.81. The van der Waals surface area contributed by atoms with Crippen LogP contribution in [-0.4, -0.2) is 0 Å². The van der Waals surface area contributed by atoms with E-state index in [1.165, 1.54) is 32.2 Å². The van der Waals surface area contributed by atoms with Crippen molar-refractivity contribution >= 4 is 31.5 Å². The van der Waals surface area contributed by atoms with Crippen molar-refractivity contribution in [1.29, 1.82) is 0 Å². The fourth-order valence-electron chi connectivity index (χ4n) is 3.27. The molecule has 0 radical (unpaired) electrons. The van der Waals surface area contributed by atoms with E-state index in [-0.39, 0.29) is 0 Å². The molecule has 0 fully saturated rings. The van der Waals surface area contributed by atoms with Gasteiger partial charge in [0.1, 0.15) is 0 Å². The van der Waals surface area contributed by atoms with Gasteiger partial charge in [0.25, 0.3) is 0 Å². The second-order valence-corrected chi connectivity index (χ2v) is 7.92. The maximum Gasteiger partial charge on any atom is 0.0358 e. The van der Waals surface area contributed by atoms with Crippen molar-refractivity contribution in [2.45, 2.75) is 40.0 Å². The molecule has 0 saturated heterocycles. The molecule has 0 aliphatic heterocycles. The molecule has 3 aromatic rings. The van der Waals surface area contributed by atoms with E-state index < -0.39 is 0 Å². The van der Waals surface area contributed by atoms with Crippen LogP contribution in [0.2, 0.25) is 0 Å². The lowest BCUT2D eigenvalue weighted by Crippen LogP contribution is -2.09. The van der Waals surface area contributed by atoms with Gasteiger partial charge in [-0.2, -0.15) is 0 Å². The van der Waals surface area contributed by atoms with Gasteiger partial charge in [-0.05, 0) is 41.9 Å². The van der Waals surface area contributed by atoms with Crippen LogP contribution in [0, 0.1) is 11.8 Å². The molecule has 1 unspecified atom stereocenters. The maximum absolute atomic E-state index is 2.44. The molecule has 1 atom stereocenters. The van der Waals surface area contributed by atoms with E-state index in [2.05, 4.69) is 70.2 Å². The Hall–Kier alpha value is -1.34. The molecule has 0 nitrogen and oxygen atoms in total. The van der Waals surface area contributed by atoms with E-state index in [0.29, 0.717) is 11.8 Å². The molecular formula is C20H24S. The van der Waals surface area contributed by atoms with Crippen LogP contribution >= 0.6 is 11.3 Å². The molecule has 0 aliphatic rings. The second-order valence-electron chi connectivity index (χ2n) is 6.83. The molecule has 2 aromatic carbocycles. The van der Waals surface area contributed by atoms with Gasteiger partial charge in [0.15, 0.2) is 0 Å². The summed E-state index contributed by atoms with van der Waals surface area (Å²) >= 11 is 1.92. The van der Waals surface area contributed by atoms with Gasteiger partial charge in [-0.25, -0.2) is 0 Å². The Morgan fingerprint density at radius 3 is 2.29 bits per heavy atom. The zero-order valence-corrected chi connectivity index (χ0v) is 14.2. The van der Waals surface area contributed by atoms with Crippen molar-refractivity contribution in [2.24, 2.45) is 11.8 Å². The van der Waals surface area contributed by atoms with Crippen molar-refractivity contribution in [3.05, 3.63) is 48.0 Å². The van der Waals surface area contributed by atoms with Gasteiger partial charge in [-0.1, -0.05) is 58.0 Å². The minimum atomic E-state index is 0.666. The molecule has 110 valence electrons. The van der Waals surface area contributed by atoms with Gasteiger partial charge in [0.2, 0.25) is 0 Å². The molecule has 21 heavy (non-hydrogen) atoms. The number of hydrogen-bond acceptors (Lipinski definition) is 1. The third-order valence-electron chi connectivity index (χ3n) is 4.36. The molecule has 1 aromatic heterocycles. The van der Waals surface area contributed by atoms with Crippen molar-refractivity contribution in [2.75, 3.05) is 0 Å². The predicted molar refractivity (Wildman–Crippen MR) is 96.4 cm³/mol. The number of benzene rings is 2. The average molecular weight is 296 g/mol. The Balaban J connectivity index is 2.09. The van der Waals surface area contributed by atoms with Crippen LogP contribution in [0.25, 0.3) is 20.2 Å². The Kier molecular flexibility index (Phi) is 4.03. The van der Waals surface area contributed by atoms with Gasteiger partial charge in [0.05, 0.1) is 0 Å². The Morgan fingerprint density at radius 2 is 1.57 bits per heavy atom. The van der Waals surface area contributed by atoms with Crippen LogP contribution in [0.4, 0.5) is 0 Å².